The van der Waals surface area contributed by atoms with Crippen LogP contribution in [-0.2, 0) is 4.79 Å². The maximum absolute atomic E-state index is 12.6. The predicted molar refractivity (Wildman–Crippen MR) is 79.8 cm³/mol. The van der Waals surface area contributed by atoms with Crippen LogP contribution in [0.2, 0.25) is 10.0 Å². The summed E-state index contributed by atoms with van der Waals surface area (Å²) < 4.78 is 0. The summed E-state index contributed by atoms with van der Waals surface area (Å²) in [6.45, 7) is 5.72. The van der Waals surface area contributed by atoms with Gasteiger partial charge in [-0.05, 0) is 37.1 Å². The van der Waals surface area contributed by atoms with E-state index in [1.54, 1.807) is 18.2 Å². The minimum atomic E-state index is -0.369. The average molecular weight is 301 g/mol. The van der Waals surface area contributed by atoms with Gasteiger partial charge in [-0.1, -0.05) is 37.0 Å². The lowest BCUT2D eigenvalue weighted by molar-refractivity contribution is -0.126. The summed E-state index contributed by atoms with van der Waals surface area (Å²) in [5.74, 6) is 0.275. The first-order valence-corrected chi connectivity index (χ1v) is 7.18. The number of rotatable bonds is 3. The summed E-state index contributed by atoms with van der Waals surface area (Å²) in [6, 6.07) is 5.07. The van der Waals surface area contributed by atoms with Crippen molar-refractivity contribution in [2.45, 2.75) is 20.3 Å². The molecule has 1 aromatic carbocycles. The normalized spacial score (nSPS) is 22.8. The smallest absolute Gasteiger partial charge is 0.232 e. The summed E-state index contributed by atoms with van der Waals surface area (Å²) in [5.41, 5.74) is 0.206. The van der Waals surface area contributed by atoms with Crippen molar-refractivity contribution in [2.24, 2.45) is 11.3 Å². The Labute approximate surface area is 123 Å². The number of anilines is 1. The summed E-state index contributed by atoms with van der Waals surface area (Å²) in [4.78, 5) is 12.6. The summed E-state index contributed by atoms with van der Waals surface area (Å²) in [5, 5.41) is 7.25. The third-order valence-corrected chi connectivity index (χ3v) is 4.49. The third kappa shape index (κ3) is 2.88. The highest BCUT2D eigenvalue weighted by molar-refractivity contribution is 6.35. The van der Waals surface area contributed by atoms with Gasteiger partial charge in [0.2, 0.25) is 5.91 Å². The van der Waals surface area contributed by atoms with Gasteiger partial charge in [0.1, 0.15) is 0 Å². The lowest BCUT2D eigenvalue weighted by atomic mass is 9.75. The van der Waals surface area contributed by atoms with Gasteiger partial charge in [-0.15, -0.1) is 0 Å². The van der Waals surface area contributed by atoms with E-state index in [1.165, 1.54) is 0 Å². The van der Waals surface area contributed by atoms with E-state index in [2.05, 4.69) is 24.5 Å². The zero-order valence-electron chi connectivity index (χ0n) is 11.1. The first-order valence-electron chi connectivity index (χ1n) is 6.43. The van der Waals surface area contributed by atoms with Crippen molar-refractivity contribution in [3.63, 3.8) is 0 Å². The van der Waals surface area contributed by atoms with Crippen molar-refractivity contribution in [3.05, 3.63) is 28.2 Å². The van der Waals surface area contributed by atoms with Crippen molar-refractivity contribution < 1.29 is 4.79 Å². The fourth-order valence-corrected chi connectivity index (χ4v) is 2.84. The molecule has 1 aromatic rings. The molecule has 0 radical (unpaired) electrons. The summed E-state index contributed by atoms with van der Waals surface area (Å²) in [7, 11) is 0. The number of halogens is 2. The van der Waals surface area contributed by atoms with Crippen LogP contribution in [-0.4, -0.2) is 19.0 Å². The standard InChI is InChI=1S/C14H18Cl2N2O/c1-9(2)14(5-6-17-8-14)13(19)18-12-7-10(15)3-4-11(12)16/h3-4,7,9,17H,5-6,8H2,1-2H3,(H,18,19). The lowest BCUT2D eigenvalue weighted by Crippen LogP contribution is -2.42. The number of hydrogen-bond donors (Lipinski definition) is 2. The second kappa shape index (κ2) is 5.70. The lowest BCUT2D eigenvalue weighted by Gasteiger charge is -2.31. The third-order valence-electron chi connectivity index (χ3n) is 3.92. The van der Waals surface area contributed by atoms with Crippen LogP contribution in [0.25, 0.3) is 0 Å². The highest BCUT2D eigenvalue weighted by atomic mass is 35.5. The molecule has 1 amide bonds. The summed E-state index contributed by atoms with van der Waals surface area (Å²) >= 11 is 12.0. The summed E-state index contributed by atoms with van der Waals surface area (Å²) in [6.07, 6.45) is 0.842. The van der Waals surface area contributed by atoms with Gasteiger partial charge in [0.05, 0.1) is 16.1 Å². The number of amides is 1. The molecule has 1 heterocycles. The average Bonchev–Trinajstić information content (AvgIpc) is 2.84. The molecule has 2 rings (SSSR count). The Morgan fingerprint density at radius 3 is 2.74 bits per heavy atom. The topological polar surface area (TPSA) is 41.1 Å². The molecule has 0 saturated carbocycles. The van der Waals surface area contributed by atoms with E-state index >= 15 is 0 Å². The molecule has 1 fully saturated rings. The van der Waals surface area contributed by atoms with Crippen LogP contribution in [0.1, 0.15) is 20.3 Å². The highest BCUT2D eigenvalue weighted by Crippen LogP contribution is 2.36. The number of nitrogens with one attached hydrogen (secondary N) is 2. The minimum Gasteiger partial charge on any atom is -0.324 e. The van der Waals surface area contributed by atoms with Crippen LogP contribution in [0.5, 0.6) is 0 Å². The Kier molecular flexibility index (Phi) is 4.39. The molecule has 0 aliphatic carbocycles. The van der Waals surface area contributed by atoms with E-state index in [0.717, 1.165) is 13.0 Å². The predicted octanol–water partition coefficient (Wildman–Crippen LogP) is 3.57. The maximum atomic E-state index is 12.6. The molecular weight excluding hydrogens is 283 g/mol. The molecule has 3 nitrogen and oxygen atoms in total. The van der Waals surface area contributed by atoms with E-state index in [1.807, 2.05) is 0 Å². The Balaban J connectivity index is 2.22. The number of carbonyl (C=O) groups excluding carboxylic acids is 1. The van der Waals surface area contributed by atoms with Crippen molar-refractivity contribution in [2.75, 3.05) is 18.4 Å². The van der Waals surface area contributed by atoms with Crippen LogP contribution in [0.4, 0.5) is 5.69 Å². The highest BCUT2D eigenvalue weighted by Gasteiger charge is 2.43. The molecule has 0 aromatic heterocycles. The van der Waals surface area contributed by atoms with E-state index in [4.69, 9.17) is 23.2 Å². The van der Waals surface area contributed by atoms with Gasteiger partial charge >= 0.3 is 0 Å². The molecule has 0 bridgehead atoms. The molecule has 1 aliphatic heterocycles. The van der Waals surface area contributed by atoms with Crippen LogP contribution in [0.3, 0.4) is 0 Å². The van der Waals surface area contributed by atoms with Crippen molar-refractivity contribution in [3.8, 4) is 0 Å². The minimum absolute atomic E-state index is 0.0108. The largest absolute Gasteiger partial charge is 0.324 e. The molecule has 1 atom stereocenters. The Hall–Kier alpha value is -0.770. The fraction of sp³-hybridized carbons (Fsp3) is 0.500. The Morgan fingerprint density at radius 2 is 2.16 bits per heavy atom. The van der Waals surface area contributed by atoms with Crippen LogP contribution in [0, 0.1) is 11.3 Å². The zero-order valence-corrected chi connectivity index (χ0v) is 12.6. The zero-order chi connectivity index (χ0) is 14.0. The van der Waals surface area contributed by atoms with E-state index in [9.17, 15) is 4.79 Å². The SMILES string of the molecule is CC(C)C1(C(=O)Nc2cc(Cl)ccc2Cl)CCNC1. The second-order valence-corrected chi connectivity index (χ2v) is 6.16. The van der Waals surface area contributed by atoms with Crippen molar-refractivity contribution >= 4 is 34.8 Å². The molecule has 104 valence electrons. The molecule has 5 heteroatoms. The Bertz CT molecular complexity index is 482. The number of hydrogen-bond acceptors (Lipinski definition) is 2. The van der Waals surface area contributed by atoms with Gasteiger partial charge in [0, 0.05) is 11.6 Å². The van der Waals surface area contributed by atoms with Crippen LogP contribution >= 0.6 is 23.2 Å². The number of benzene rings is 1. The fourth-order valence-electron chi connectivity index (χ4n) is 2.50. The van der Waals surface area contributed by atoms with Crippen LogP contribution in [0.15, 0.2) is 18.2 Å². The first kappa shape index (κ1) is 14.6. The first-order chi connectivity index (χ1) is 8.95. The van der Waals surface area contributed by atoms with Crippen molar-refractivity contribution in [1.29, 1.82) is 0 Å². The van der Waals surface area contributed by atoms with E-state index in [-0.39, 0.29) is 17.2 Å². The maximum Gasteiger partial charge on any atom is 0.232 e. The number of carbonyl (C=O) groups is 1. The molecule has 1 saturated heterocycles. The second-order valence-electron chi connectivity index (χ2n) is 5.32. The molecule has 19 heavy (non-hydrogen) atoms. The van der Waals surface area contributed by atoms with E-state index < -0.39 is 0 Å². The molecular formula is C14H18Cl2N2O. The molecule has 0 spiro atoms. The molecule has 2 N–H and O–H groups in total. The van der Waals surface area contributed by atoms with Gasteiger partial charge in [-0.3, -0.25) is 4.79 Å². The van der Waals surface area contributed by atoms with Crippen LogP contribution < -0.4 is 10.6 Å². The molecule has 1 unspecified atom stereocenters. The van der Waals surface area contributed by atoms with Gasteiger partial charge in [0.25, 0.3) is 0 Å². The van der Waals surface area contributed by atoms with Gasteiger partial charge in [-0.2, -0.15) is 0 Å². The van der Waals surface area contributed by atoms with Gasteiger partial charge in [0.15, 0.2) is 0 Å². The van der Waals surface area contributed by atoms with E-state index in [0.29, 0.717) is 22.3 Å². The monoisotopic (exact) mass is 300 g/mol. The van der Waals surface area contributed by atoms with Gasteiger partial charge in [-0.25, -0.2) is 0 Å². The van der Waals surface area contributed by atoms with Crippen molar-refractivity contribution in [1.82, 2.24) is 5.32 Å². The Morgan fingerprint density at radius 1 is 1.42 bits per heavy atom. The van der Waals surface area contributed by atoms with Gasteiger partial charge < -0.3 is 10.6 Å². The molecule has 1 aliphatic rings. The quantitative estimate of drug-likeness (QED) is 0.896.